The summed E-state index contributed by atoms with van der Waals surface area (Å²) in [6.45, 7) is 2.40. The maximum atomic E-state index is 3.52. The predicted molar refractivity (Wildman–Crippen MR) is 58.5 cm³/mol. The summed E-state index contributed by atoms with van der Waals surface area (Å²) in [5, 5.41) is 3.52. The van der Waals surface area contributed by atoms with Crippen LogP contribution in [0.25, 0.3) is 0 Å². The maximum Gasteiger partial charge on any atom is 0.00926 e. The lowest BCUT2D eigenvalue weighted by atomic mass is 9.69. The smallest absolute Gasteiger partial charge is 0.00926 e. The average molecular weight is 187 g/mol. The van der Waals surface area contributed by atoms with Crippen molar-refractivity contribution in [1.29, 1.82) is 0 Å². The summed E-state index contributed by atoms with van der Waals surface area (Å²) in [6.07, 6.45) is 5.39. The van der Waals surface area contributed by atoms with Gasteiger partial charge in [-0.1, -0.05) is 24.3 Å². The molecule has 3 rings (SSSR count). The quantitative estimate of drug-likeness (QED) is 0.657. The molecule has 1 aliphatic heterocycles. The zero-order chi connectivity index (χ0) is 9.43. The third kappa shape index (κ3) is 1.12. The molecule has 74 valence electrons. The second kappa shape index (κ2) is 3.09. The van der Waals surface area contributed by atoms with Crippen LogP contribution in [0.5, 0.6) is 0 Å². The molecule has 0 radical (unpaired) electrons. The summed E-state index contributed by atoms with van der Waals surface area (Å²) in [5.41, 5.74) is 3.73. The van der Waals surface area contributed by atoms with Gasteiger partial charge in [-0.3, -0.25) is 0 Å². The molecule has 1 aliphatic carbocycles. The third-order valence-corrected chi connectivity index (χ3v) is 3.93. The highest BCUT2D eigenvalue weighted by Crippen LogP contribution is 2.41. The van der Waals surface area contributed by atoms with E-state index >= 15 is 0 Å². The fraction of sp³-hybridized carbons (Fsp3) is 0.538. The van der Waals surface area contributed by atoms with Gasteiger partial charge in [0.25, 0.3) is 0 Å². The van der Waals surface area contributed by atoms with Crippen molar-refractivity contribution in [3.05, 3.63) is 35.4 Å². The second-order valence-electron chi connectivity index (χ2n) is 4.72. The van der Waals surface area contributed by atoms with E-state index in [0.717, 1.165) is 0 Å². The van der Waals surface area contributed by atoms with E-state index in [2.05, 4.69) is 29.6 Å². The van der Waals surface area contributed by atoms with Gasteiger partial charge in [-0.2, -0.15) is 0 Å². The fourth-order valence-electron chi connectivity index (χ4n) is 3.19. The standard InChI is InChI=1S/C13H17N/c1-2-6-12-11(4-1)5-3-7-13(12)8-9-14-10-13/h1-2,4,6,14H,3,5,7-10H2/t13-/m0/s1. The number of rotatable bonds is 0. The number of benzene rings is 1. The van der Waals surface area contributed by atoms with Gasteiger partial charge in [0.2, 0.25) is 0 Å². The molecule has 0 bridgehead atoms. The highest BCUT2D eigenvalue weighted by molar-refractivity contribution is 5.38. The van der Waals surface area contributed by atoms with Crippen LogP contribution in [0, 0.1) is 0 Å². The van der Waals surface area contributed by atoms with Gasteiger partial charge in [0.1, 0.15) is 0 Å². The van der Waals surface area contributed by atoms with Gasteiger partial charge < -0.3 is 5.32 Å². The van der Waals surface area contributed by atoms with E-state index in [1.165, 1.54) is 38.8 Å². The van der Waals surface area contributed by atoms with Gasteiger partial charge in [0, 0.05) is 12.0 Å². The molecule has 1 aromatic carbocycles. The van der Waals surface area contributed by atoms with Crippen LogP contribution in [0.2, 0.25) is 0 Å². The summed E-state index contributed by atoms with van der Waals surface area (Å²) in [5.74, 6) is 0. The number of fused-ring (bicyclic) bond motifs is 2. The SMILES string of the molecule is c1ccc2c(c1)CCC[C@@]21CCNC1. The van der Waals surface area contributed by atoms with E-state index < -0.39 is 0 Å². The maximum absolute atomic E-state index is 3.52. The molecular formula is C13H17N. The Bertz CT molecular complexity index is 337. The lowest BCUT2D eigenvalue weighted by molar-refractivity contribution is 0.393. The normalized spacial score (nSPS) is 30.6. The van der Waals surface area contributed by atoms with E-state index in [-0.39, 0.29) is 0 Å². The Morgan fingerprint density at radius 3 is 2.93 bits per heavy atom. The van der Waals surface area contributed by atoms with E-state index in [0.29, 0.717) is 5.41 Å². The molecule has 2 aliphatic rings. The van der Waals surface area contributed by atoms with Crippen molar-refractivity contribution in [3.8, 4) is 0 Å². The summed E-state index contributed by atoms with van der Waals surface area (Å²) < 4.78 is 0. The minimum atomic E-state index is 0.495. The van der Waals surface area contributed by atoms with Gasteiger partial charge in [0.05, 0.1) is 0 Å². The molecule has 1 spiro atoms. The van der Waals surface area contributed by atoms with E-state index in [4.69, 9.17) is 0 Å². The first-order chi connectivity index (χ1) is 6.91. The van der Waals surface area contributed by atoms with Crippen LogP contribution < -0.4 is 5.32 Å². The Labute approximate surface area is 85.5 Å². The van der Waals surface area contributed by atoms with Crippen LogP contribution >= 0.6 is 0 Å². The summed E-state index contributed by atoms with van der Waals surface area (Å²) in [4.78, 5) is 0. The van der Waals surface area contributed by atoms with Crippen LogP contribution in [-0.2, 0) is 11.8 Å². The van der Waals surface area contributed by atoms with E-state index in [1.54, 1.807) is 11.1 Å². The summed E-state index contributed by atoms with van der Waals surface area (Å²) >= 11 is 0. The van der Waals surface area contributed by atoms with Gasteiger partial charge >= 0.3 is 0 Å². The van der Waals surface area contributed by atoms with Crippen molar-refractivity contribution in [1.82, 2.24) is 5.32 Å². The minimum Gasteiger partial charge on any atom is -0.316 e. The minimum absolute atomic E-state index is 0.495. The number of nitrogens with one attached hydrogen (secondary N) is 1. The predicted octanol–water partition coefficient (Wildman–Crippen LogP) is 2.25. The zero-order valence-electron chi connectivity index (χ0n) is 8.55. The Morgan fingerprint density at radius 2 is 2.07 bits per heavy atom. The monoisotopic (exact) mass is 187 g/mol. The Kier molecular flexibility index (Phi) is 1.88. The largest absolute Gasteiger partial charge is 0.316 e. The molecule has 1 saturated heterocycles. The lowest BCUT2D eigenvalue weighted by Crippen LogP contribution is -2.33. The molecule has 1 atom stereocenters. The molecule has 1 aromatic rings. The zero-order valence-corrected chi connectivity index (χ0v) is 8.55. The van der Waals surface area contributed by atoms with Crippen LogP contribution in [0.3, 0.4) is 0 Å². The first-order valence-corrected chi connectivity index (χ1v) is 5.70. The first kappa shape index (κ1) is 8.49. The average Bonchev–Trinajstić information content (AvgIpc) is 2.68. The first-order valence-electron chi connectivity index (χ1n) is 5.70. The van der Waals surface area contributed by atoms with Crippen molar-refractivity contribution < 1.29 is 0 Å². The fourth-order valence-corrected chi connectivity index (χ4v) is 3.19. The van der Waals surface area contributed by atoms with Crippen molar-refractivity contribution in [2.45, 2.75) is 31.1 Å². The van der Waals surface area contributed by atoms with Crippen molar-refractivity contribution in [2.24, 2.45) is 0 Å². The van der Waals surface area contributed by atoms with Gasteiger partial charge in [-0.25, -0.2) is 0 Å². The lowest BCUT2D eigenvalue weighted by Gasteiger charge is -2.35. The topological polar surface area (TPSA) is 12.0 Å². The Morgan fingerprint density at radius 1 is 1.14 bits per heavy atom. The van der Waals surface area contributed by atoms with Gasteiger partial charge in [-0.05, 0) is 43.4 Å². The van der Waals surface area contributed by atoms with Crippen molar-refractivity contribution in [3.63, 3.8) is 0 Å². The van der Waals surface area contributed by atoms with Crippen molar-refractivity contribution in [2.75, 3.05) is 13.1 Å². The molecule has 1 heteroatoms. The molecule has 1 heterocycles. The van der Waals surface area contributed by atoms with Gasteiger partial charge in [-0.15, -0.1) is 0 Å². The highest BCUT2D eigenvalue weighted by atomic mass is 14.9. The van der Waals surface area contributed by atoms with E-state index in [9.17, 15) is 0 Å². The molecule has 14 heavy (non-hydrogen) atoms. The number of hydrogen-bond donors (Lipinski definition) is 1. The van der Waals surface area contributed by atoms with Crippen LogP contribution in [0.15, 0.2) is 24.3 Å². The van der Waals surface area contributed by atoms with Crippen molar-refractivity contribution >= 4 is 0 Å². The summed E-state index contributed by atoms with van der Waals surface area (Å²) in [7, 11) is 0. The molecule has 0 amide bonds. The van der Waals surface area contributed by atoms with E-state index in [1.807, 2.05) is 0 Å². The number of aryl methyl sites for hydroxylation is 1. The summed E-state index contributed by atoms with van der Waals surface area (Å²) in [6, 6.07) is 9.04. The second-order valence-corrected chi connectivity index (χ2v) is 4.72. The molecule has 0 saturated carbocycles. The molecule has 1 fully saturated rings. The Hall–Kier alpha value is -0.820. The molecule has 0 aromatic heterocycles. The molecule has 1 N–H and O–H groups in total. The number of hydrogen-bond acceptors (Lipinski definition) is 1. The molecular weight excluding hydrogens is 170 g/mol. The Balaban J connectivity index is 2.10. The van der Waals surface area contributed by atoms with Crippen LogP contribution in [0.4, 0.5) is 0 Å². The highest BCUT2D eigenvalue weighted by Gasteiger charge is 2.38. The molecule has 1 nitrogen and oxygen atoms in total. The van der Waals surface area contributed by atoms with Crippen LogP contribution in [-0.4, -0.2) is 13.1 Å². The molecule has 0 unspecified atom stereocenters. The van der Waals surface area contributed by atoms with Crippen LogP contribution in [0.1, 0.15) is 30.4 Å². The van der Waals surface area contributed by atoms with Gasteiger partial charge in [0.15, 0.2) is 0 Å². The third-order valence-electron chi connectivity index (χ3n) is 3.93.